The number of amides is 1. The molecule has 0 aliphatic carbocycles. The van der Waals surface area contributed by atoms with E-state index in [1.54, 1.807) is 24.3 Å². The van der Waals surface area contributed by atoms with E-state index in [-0.39, 0.29) is 29.8 Å². The van der Waals surface area contributed by atoms with Gasteiger partial charge in [-0.1, -0.05) is 25.1 Å². The second kappa shape index (κ2) is 14.0. The molecule has 0 saturated carbocycles. The van der Waals surface area contributed by atoms with Crippen molar-refractivity contribution >= 4 is 53.1 Å². The molecule has 5 N–H and O–H groups in total. The summed E-state index contributed by atoms with van der Waals surface area (Å²) >= 11 is 1.28. The second-order valence-electron chi connectivity index (χ2n) is 8.24. The molecule has 0 spiro atoms. The fourth-order valence-electron chi connectivity index (χ4n) is 3.45. The van der Waals surface area contributed by atoms with Gasteiger partial charge in [0.15, 0.2) is 0 Å². The molecule has 1 unspecified atom stereocenters. The smallest absolute Gasteiger partial charge is 0.207 e. The second-order valence-corrected chi connectivity index (χ2v) is 11.0. The van der Waals surface area contributed by atoms with Crippen molar-refractivity contribution in [2.24, 2.45) is 4.90 Å². The molecule has 0 radical (unpaired) electrons. The number of carbonyl (C=O) groups is 1. The molecule has 38 heavy (non-hydrogen) atoms. The molecule has 3 aromatic rings. The van der Waals surface area contributed by atoms with Crippen molar-refractivity contribution < 1.29 is 22.9 Å². The fourth-order valence-corrected chi connectivity index (χ4v) is 5.75. The van der Waals surface area contributed by atoms with Crippen LogP contribution in [0.1, 0.15) is 23.0 Å². The zero-order chi connectivity index (χ0) is 27.5. The maximum absolute atomic E-state index is 12.9. The van der Waals surface area contributed by atoms with Crippen molar-refractivity contribution in [1.29, 1.82) is 0 Å². The number of hydrogen-bond acceptors (Lipinski definition) is 7. The molecule has 0 bridgehead atoms. The molecule has 1 amide bonds. The summed E-state index contributed by atoms with van der Waals surface area (Å²) in [6.45, 7) is 3.47. The van der Waals surface area contributed by atoms with Crippen LogP contribution in [0.4, 0.5) is 5.69 Å². The van der Waals surface area contributed by atoms with Crippen molar-refractivity contribution in [2.75, 3.05) is 18.3 Å². The number of thiophene rings is 1. The Bertz CT molecular complexity index is 1370. The van der Waals surface area contributed by atoms with Gasteiger partial charge in [0, 0.05) is 6.04 Å². The van der Waals surface area contributed by atoms with Gasteiger partial charge in [-0.2, -0.15) is 0 Å². The third-order valence-electron chi connectivity index (χ3n) is 5.32. The van der Waals surface area contributed by atoms with E-state index in [9.17, 15) is 22.9 Å². The molecule has 0 saturated heterocycles. The van der Waals surface area contributed by atoms with E-state index in [2.05, 4.69) is 25.6 Å². The SMILES string of the molecule is CCC(CNC(=O)c1ccc(-c2ccccc2NC(=NB(C)O)NCB=O)s1)NS(=O)(=O)c1ccccc1. The molecule has 0 aliphatic rings. The predicted molar refractivity (Wildman–Crippen MR) is 152 cm³/mol. The number of para-hydroxylation sites is 1. The first kappa shape index (κ1) is 29.2. The van der Waals surface area contributed by atoms with Gasteiger partial charge in [0.1, 0.15) is 0 Å². The van der Waals surface area contributed by atoms with Gasteiger partial charge in [-0.15, -0.1) is 0 Å². The number of nitrogens with zero attached hydrogens (tertiary/aromatic N) is 1. The maximum atomic E-state index is 12.9. The van der Waals surface area contributed by atoms with Crippen LogP contribution >= 0.6 is 11.3 Å². The zero-order valence-electron chi connectivity index (χ0n) is 21.0. The molecule has 0 fully saturated rings. The number of rotatable bonds is 12. The molecule has 10 nitrogen and oxygen atoms in total. The van der Waals surface area contributed by atoms with Crippen LogP contribution in [-0.2, 0) is 14.7 Å². The van der Waals surface area contributed by atoms with Gasteiger partial charge >= 0.3 is 150 Å². The van der Waals surface area contributed by atoms with E-state index in [4.69, 9.17) is 0 Å². The van der Waals surface area contributed by atoms with E-state index < -0.39 is 23.1 Å². The molecular formula is C24H29B2N5O5S2. The van der Waals surface area contributed by atoms with Crippen LogP contribution in [0.25, 0.3) is 10.4 Å². The molecule has 2 aromatic carbocycles. The Balaban J connectivity index is 1.69. The Morgan fingerprint density at radius 3 is 2.47 bits per heavy atom. The third kappa shape index (κ3) is 8.35. The van der Waals surface area contributed by atoms with Crippen LogP contribution < -0.4 is 20.7 Å². The fraction of sp³-hybridized carbons (Fsp3) is 0.250. The molecular weight excluding hydrogens is 524 g/mol. The Morgan fingerprint density at radius 1 is 1.08 bits per heavy atom. The number of sulfonamides is 1. The average Bonchev–Trinajstić information content (AvgIpc) is 3.40. The quantitative estimate of drug-likeness (QED) is 0.131. The van der Waals surface area contributed by atoms with Gasteiger partial charge in [-0.05, 0) is 18.6 Å². The Kier molecular flexibility index (Phi) is 10.8. The van der Waals surface area contributed by atoms with Gasteiger partial charge in [0.25, 0.3) is 0 Å². The summed E-state index contributed by atoms with van der Waals surface area (Å²) in [5.74, 6) is -0.0781. The zero-order valence-corrected chi connectivity index (χ0v) is 22.7. The molecule has 198 valence electrons. The van der Waals surface area contributed by atoms with E-state index >= 15 is 0 Å². The van der Waals surface area contributed by atoms with Crippen LogP contribution in [0.2, 0.25) is 6.82 Å². The van der Waals surface area contributed by atoms with E-state index in [1.165, 1.54) is 30.3 Å². The van der Waals surface area contributed by atoms with Crippen LogP contribution in [0.5, 0.6) is 0 Å². The van der Waals surface area contributed by atoms with Crippen LogP contribution in [0.3, 0.4) is 0 Å². The summed E-state index contributed by atoms with van der Waals surface area (Å²) in [5, 5.41) is 18.4. The normalized spacial score (nSPS) is 12.3. The first-order chi connectivity index (χ1) is 18.2. The number of guanidine groups is 1. The minimum atomic E-state index is -3.70. The van der Waals surface area contributed by atoms with Crippen LogP contribution in [-0.4, -0.2) is 58.5 Å². The van der Waals surface area contributed by atoms with Gasteiger partial charge < -0.3 is 0 Å². The summed E-state index contributed by atoms with van der Waals surface area (Å²) in [6, 6.07) is 18.5. The molecule has 1 aromatic heterocycles. The minimum Gasteiger partial charge on any atom is -0.207 e. The number of carbonyl (C=O) groups excluding carboxylic acids is 1. The number of benzene rings is 2. The Labute approximate surface area is 227 Å². The summed E-state index contributed by atoms with van der Waals surface area (Å²) < 4.78 is 38.7. The molecule has 1 atom stereocenters. The van der Waals surface area contributed by atoms with Crippen LogP contribution in [0, 0.1) is 0 Å². The van der Waals surface area contributed by atoms with E-state index in [1.807, 2.05) is 37.3 Å². The predicted octanol–water partition coefficient (Wildman–Crippen LogP) is 2.38. The van der Waals surface area contributed by atoms with Crippen molar-refractivity contribution in [3.63, 3.8) is 0 Å². The number of anilines is 1. The molecule has 0 aliphatic heterocycles. The minimum absolute atomic E-state index is 0.0182. The molecule has 3 rings (SSSR count). The Morgan fingerprint density at radius 2 is 1.79 bits per heavy atom. The number of nitrogens with one attached hydrogen (secondary N) is 4. The standard InChI is InChI=1S/C24H29B2N5O5S2/c1-3-17(31-38(35,36)18-9-5-4-6-10-18)15-27-23(32)22-14-13-21(37-22)19-11-7-8-12-20(19)29-24(28-16-25-33)30-26(2)34/h4-14,17,31,34H,3,15-16H2,1-2H3,(H,27,32)(H2,28,29,30). The van der Waals surface area contributed by atoms with E-state index in [0.29, 0.717) is 24.1 Å². The van der Waals surface area contributed by atoms with Crippen molar-refractivity contribution in [1.82, 2.24) is 15.4 Å². The first-order valence-corrected chi connectivity index (χ1v) is 14.3. The summed E-state index contributed by atoms with van der Waals surface area (Å²) in [4.78, 5) is 18.4. The van der Waals surface area contributed by atoms with Crippen molar-refractivity contribution in [2.45, 2.75) is 31.1 Å². The van der Waals surface area contributed by atoms with E-state index in [0.717, 1.165) is 10.4 Å². The third-order valence-corrected chi connectivity index (χ3v) is 7.98. The first-order valence-electron chi connectivity index (χ1n) is 12.0. The maximum Gasteiger partial charge on any atom is 0.240 e. The van der Waals surface area contributed by atoms with Crippen molar-refractivity contribution in [3.8, 4) is 10.4 Å². The van der Waals surface area contributed by atoms with Crippen molar-refractivity contribution in [3.05, 3.63) is 71.6 Å². The van der Waals surface area contributed by atoms with Gasteiger partial charge in [0.2, 0.25) is 10.0 Å². The largest absolute Gasteiger partial charge is 0.240 e. The summed E-state index contributed by atoms with van der Waals surface area (Å²) in [7, 11) is -4.00. The molecule has 1 heterocycles. The van der Waals surface area contributed by atoms with Gasteiger partial charge in [-0.3, -0.25) is 0 Å². The summed E-state index contributed by atoms with van der Waals surface area (Å²) in [6.07, 6.45) is 0.514. The topological polar surface area (TPSA) is 149 Å². The monoisotopic (exact) mass is 553 g/mol. The Hall–Kier alpha value is -3.32. The summed E-state index contributed by atoms with van der Waals surface area (Å²) in [5.41, 5.74) is 1.46. The number of hydrogen-bond donors (Lipinski definition) is 5. The molecule has 14 heteroatoms. The van der Waals surface area contributed by atoms with Gasteiger partial charge in [0.05, 0.1) is 4.90 Å². The van der Waals surface area contributed by atoms with Gasteiger partial charge in [-0.25, -0.2) is 13.1 Å². The average molecular weight is 553 g/mol. The van der Waals surface area contributed by atoms with Crippen LogP contribution in [0.15, 0.2) is 76.5 Å².